The van der Waals surface area contributed by atoms with Crippen molar-refractivity contribution in [2.75, 3.05) is 27.2 Å². The first-order valence-corrected chi connectivity index (χ1v) is 10.8. The molecule has 1 heterocycles. The molecule has 0 radical (unpaired) electrons. The molecule has 7 heteroatoms. The third-order valence-electron chi connectivity index (χ3n) is 5.67. The lowest BCUT2D eigenvalue weighted by Gasteiger charge is -2.31. The second-order valence-electron chi connectivity index (χ2n) is 8.26. The standard InChI is InChI=1S/C23H34N6O/c1-4-24-22(26-18-23(11-5-6-12-23)21(30)28(2)3)25-16-19-9-7-10-20(15-19)17-29-14-8-13-27-29/h7-10,13-15H,4-6,11-12,16-18H2,1-3H3,(H2,24,25,26). The molecule has 30 heavy (non-hydrogen) atoms. The lowest BCUT2D eigenvalue weighted by atomic mass is 9.84. The molecule has 0 saturated heterocycles. The van der Waals surface area contributed by atoms with E-state index in [1.54, 1.807) is 11.1 Å². The topological polar surface area (TPSA) is 74.5 Å². The molecule has 1 fully saturated rings. The molecule has 0 atom stereocenters. The maximum Gasteiger partial charge on any atom is 0.230 e. The first-order chi connectivity index (χ1) is 14.5. The zero-order chi connectivity index (χ0) is 21.4. The van der Waals surface area contributed by atoms with Crippen molar-refractivity contribution in [1.29, 1.82) is 0 Å². The Bertz CT molecular complexity index is 837. The highest BCUT2D eigenvalue weighted by Crippen LogP contribution is 2.38. The van der Waals surface area contributed by atoms with Crippen molar-refractivity contribution in [3.63, 3.8) is 0 Å². The second-order valence-corrected chi connectivity index (χ2v) is 8.26. The summed E-state index contributed by atoms with van der Waals surface area (Å²) in [6, 6.07) is 10.4. The van der Waals surface area contributed by atoms with Gasteiger partial charge in [0.1, 0.15) is 0 Å². The van der Waals surface area contributed by atoms with Gasteiger partial charge in [-0.1, -0.05) is 37.1 Å². The number of amides is 1. The summed E-state index contributed by atoms with van der Waals surface area (Å²) < 4.78 is 1.91. The van der Waals surface area contributed by atoms with Crippen molar-refractivity contribution in [2.24, 2.45) is 10.4 Å². The molecule has 162 valence electrons. The number of hydrogen-bond donors (Lipinski definition) is 2. The molecule has 0 bridgehead atoms. The molecule has 1 aliphatic rings. The second kappa shape index (κ2) is 10.3. The number of aliphatic imine (C=N–C) groups is 1. The van der Waals surface area contributed by atoms with Crippen LogP contribution in [0, 0.1) is 5.41 Å². The van der Waals surface area contributed by atoms with Crippen LogP contribution in [0.3, 0.4) is 0 Å². The van der Waals surface area contributed by atoms with Crippen LogP contribution in [-0.4, -0.2) is 53.7 Å². The van der Waals surface area contributed by atoms with Crippen LogP contribution < -0.4 is 10.6 Å². The fourth-order valence-corrected chi connectivity index (χ4v) is 4.16. The van der Waals surface area contributed by atoms with Gasteiger partial charge in [0.05, 0.1) is 18.5 Å². The van der Waals surface area contributed by atoms with Crippen molar-refractivity contribution in [1.82, 2.24) is 25.3 Å². The Morgan fingerprint density at radius 3 is 2.63 bits per heavy atom. The number of carbonyl (C=O) groups excluding carboxylic acids is 1. The lowest BCUT2D eigenvalue weighted by Crippen LogP contribution is -2.49. The van der Waals surface area contributed by atoms with Crippen LogP contribution in [0.5, 0.6) is 0 Å². The Labute approximate surface area is 179 Å². The number of benzene rings is 1. The molecule has 0 aliphatic heterocycles. The normalized spacial score (nSPS) is 15.8. The SMILES string of the molecule is CCNC(=NCc1cccc(Cn2cccn2)c1)NCC1(C(=O)N(C)C)CCCC1. The van der Waals surface area contributed by atoms with Gasteiger partial charge in [-0.25, -0.2) is 4.99 Å². The number of carbonyl (C=O) groups is 1. The molecule has 7 nitrogen and oxygen atoms in total. The molecule has 1 aromatic carbocycles. The number of aromatic nitrogens is 2. The van der Waals surface area contributed by atoms with Crippen molar-refractivity contribution >= 4 is 11.9 Å². The van der Waals surface area contributed by atoms with E-state index in [1.165, 1.54) is 5.56 Å². The molecule has 3 rings (SSSR count). The van der Waals surface area contributed by atoms with Gasteiger partial charge in [-0.2, -0.15) is 5.10 Å². The summed E-state index contributed by atoms with van der Waals surface area (Å²) in [6.07, 6.45) is 7.85. The van der Waals surface area contributed by atoms with Gasteiger partial charge in [0.25, 0.3) is 0 Å². The average Bonchev–Trinajstić information content (AvgIpc) is 3.42. The Hall–Kier alpha value is -2.83. The lowest BCUT2D eigenvalue weighted by molar-refractivity contribution is -0.138. The van der Waals surface area contributed by atoms with Crippen LogP contribution in [0.4, 0.5) is 0 Å². The van der Waals surface area contributed by atoms with Gasteiger partial charge >= 0.3 is 0 Å². The number of nitrogens with zero attached hydrogens (tertiary/aromatic N) is 4. The predicted octanol–water partition coefficient (Wildman–Crippen LogP) is 2.64. The van der Waals surface area contributed by atoms with E-state index in [0.717, 1.165) is 50.3 Å². The Morgan fingerprint density at radius 1 is 1.20 bits per heavy atom. The van der Waals surface area contributed by atoms with Crippen molar-refractivity contribution in [2.45, 2.75) is 45.7 Å². The summed E-state index contributed by atoms with van der Waals surface area (Å²) in [4.78, 5) is 19.3. The average molecular weight is 411 g/mol. The third-order valence-corrected chi connectivity index (χ3v) is 5.67. The van der Waals surface area contributed by atoms with Gasteiger partial charge in [0, 0.05) is 39.6 Å². The summed E-state index contributed by atoms with van der Waals surface area (Å²) in [6.45, 7) is 4.78. The smallest absolute Gasteiger partial charge is 0.230 e. The predicted molar refractivity (Wildman–Crippen MR) is 120 cm³/mol. The molecule has 1 saturated carbocycles. The first-order valence-electron chi connectivity index (χ1n) is 10.8. The zero-order valence-electron chi connectivity index (χ0n) is 18.4. The zero-order valence-corrected chi connectivity index (χ0v) is 18.4. The van der Waals surface area contributed by atoms with Crippen LogP contribution in [-0.2, 0) is 17.9 Å². The van der Waals surface area contributed by atoms with Crippen LogP contribution >= 0.6 is 0 Å². The van der Waals surface area contributed by atoms with Crippen LogP contribution in [0.2, 0.25) is 0 Å². The summed E-state index contributed by atoms with van der Waals surface area (Å²) >= 11 is 0. The van der Waals surface area contributed by atoms with E-state index < -0.39 is 0 Å². The Balaban J connectivity index is 1.65. The molecule has 0 unspecified atom stereocenters. The van der Waals surface area contributed by atoms with E-state index in [1.807, 2.05) is 31.0 Å². The van der Waals surface area contributed by atoms with Crippen molar-refractivity contribution < 1.29 is 4.79 Å². The molecule has 2 N–H and O–H groups in total. The fourth-order valence-electron chi connectivity index (χ4n) is 4.16. The Morgan fingerprint density at radius 2 is 1.97 bits per heavy atom. The molecular weight excluding hydrogens is 376 g/mol. The van der Waals surface area contributed by atoms with E-state index in [4.69, 9.17) is 4.99 Å². The summed E-state index contributed by atoms with van der Waals surface area (Å²) in [7, 11) is 3.69. The summed E-state index contributed by atoms with van der Waals surface area (Å²) in [5, 5.41) is 11.0. The first kappa shape index (κ1) is 21.9. The molecule has 1 amide bonds. The molecule has 0 spiro atoms. The minimum Gasteiger partial charge on any atom is -0.357 e. The molecule has 1 aromatic heterocycles. The van der Waals surface area contributed by atoms with Gasteiger partial charge < -0.3 is 15.5 Å². The highest BCUT2D eigenvalue weighted by Gasteiger charge is 2.42. The minimum atomic E-state index is -0.316. The number of hydrogen-bond acceptors (Lipinski definition) is 3. The van der Waals surface area contributed by atoms with Crippen LogP contribution in [0.25, 0.3) is 0 Å². The van der Waals surface area contributed by atoms with E-state index in [2.05, 4.69) is 46.9 Å². The van der Waals surface area contributed by atoms with Crippen LogP contribution in [0.15, 0.2) is 47.7 Å². The quantitative estimate of drug-likeness (QED) is 0.518. The van der Waals surface area contributed by atoms with Gasteiger partial charge in [0.15, 0.2) is 5.96 Å². The monoisotopic (exact) mass is 410 g/mol. The van der Waals surface area contributed by atoms with Gasteiger partial charge in [-0.15, -0.1) is 0 Å². The number of rotatable bonds is 8. The molecule has 2 aromatic rings. The summed E-state index contributed by atoms with van der Waals surface area (Å²) in [5.74, 6) is 0.975. The third kappa shape index (κ3) is 5.62. The van der Waals surface area contributed by atoms with E-state index in [0.29, 0.717) is 13.1 Å². The van der Waals surface area contributed by atoms with E-state index in [9.17, 15) is 4.79 Å². The molecular formula is C23H34N6O. The van der Waals surface area contributed by atoms with Crippen LogP contribution in [0.1, 0.15) is 43.7 Å². The van der Waals surface area contributed by atoms with E-state index in [-0.39, 0.29) is 11.3 Å². The highest BCUT2D eigenvalue weighted by molar-refractivity contribution is 5.85. The maximum atomic E-state index is 12.8. The van der Waals surface area contributed by atoms with Gasteiger partial charge in [-0.3, -0.25) is 9.48 Å². The van der Waals surface area contributed by atoms with Crippen molar-refractivity contribution in [3.8, 4) is 0 Å². The highest BCUT2D eigenvalue weighted by atomic mass is 16.2. The maximum absolute atomic E-state index is 12.8. The minimum absolute atomic E-state index is 0.217. The van der Waals surface area contributed by atoms with E-state index >= 15 is 0 Å². The summed E-state index contributed by atoms with van der Waals surface area (Å²) in [5.41, 5.74) is 2.03. The van der Waals surface area contributed by atoms with Gasteiger partial charge in [-0.05, 0) is 37.0 Å². The Kier molecular flexibility index (Phi) is 7.49. The number of nitrogens with one attached hydrogen (secondary N) is 2. The fraction of sp³-hybridized carbons (Fsp3) is 0.522. The number of guanidine groups is 1. The largest absolute Gasteiger partial charge is 0.357 e. The van der Waals surface area contributed by atoms with Crippen molar-refractivity contribution in [3.05, 3.63) is 53.9 Å². The molecule has 1 aliphatic carbocycles. The van der Waals surface area contributed by atoms with Gasteiger partial charge in [0.2, 0.25) is 5.91 Å².